The number of alkyl halides is 3. The third-order valence-corrected chi connectivity index (χ3v) is 4.73. The van der Waals surface area contributed by atoms with E-state index in [1.807, 2.05) is 12.1 Å². The number of nitrogens with one attached hydrogen (secondary N) is 1. The molecular weight excluding hydrogens is 353 g/mol. The van der Waals surface area contributed by atoms with Crippen LogP contribution in [0.25, 0.3) is 0 Å². The lowest BCUT2D eigenvalue weighted by molar-refractivity contribution is -0.138. The summed E-state index contributed by atoms with van der Waals surface area (Å²) < 4.78 is 39.5. The van der Waals surface area contributed by atoms with Crippen LogP contribution in [-0.4, -0.2) is 17.4 Å². The highest BCUT2D eigenvalue weighted by molar-refractivity contribution is 5.77. The molecule has 0 aliphatic carbocycles. The molecule has 146 valence electrons. The molecule has 2 rings (SSSR count). The lowest BCUT2D eigenvalue weighted by Crippen LogP contribution is -2.31. The maximum atomic E-state index is 13.2. The largest absolute Gasteiger partial charge is 0.416 e. The molecule has 0 aliphatic heterocycles. The van der Waals surface area contributed by atoms with Crippen molar-refractivity contribution in [1.29, 1.82) is 0 Å². The molecule has 1 N–H and O–H groups in total. The number of hydrogen-bond donors (Lipinski definition) is 1. The van der Waals surface area contributed by atoms with Crippen molar-refractivity contribution in [2.24, 2.45) is 5.92 Å². The number of aromatic nitrogens is 1. The fourth-order valence-corrected chi connectivity index (χ4v) is 3.20. The summed E-state index contributed by atoms with van der Waals surface area (Å²) in [6.45, 7) is 6.19. The molecule has 6 heteroatoms. The van der Waals surface area contributed by atoms with E-state index in [4.69, 9.17) is 0 Å². The first-order valence-corrected chi connectivity index (χ1v) is 9.03. The van der Waals surface area contributed by atoms with Crippen molar-refractivity contribution in [3.8, 4) is 0 Å². The van der Waals surface area contributed by atoms with Gasteiger partial charge in [0.15, 0.2) is 0 Å². The summed E-state index contributed by atoms with van der Waals surface area (Å²) in [5, 5.41) is 2.87. The third-order valence-electron chi connectivity index (χ3n) is 4.73. The summed E-state index contributed by atoms with van der Waals surface area (Å²) in [4.78, 5) is 16.5. The maximum absolute atomic E-state index is 13.2. The van der Waals surface area contributed by atoms with Gasteiger partial charge in [0.2, 0.25) is 5.91 Å². The summed E-state index contributed by atoms with van der Waals surface area (Å²) in [7, 11) is 0. The van der Waals surface area contributed by atoms with Crippen molar-refractivity contribution in [2.45, 2.75) is 45.2 Å². The summed E-state index contributed by atoms with van der Waals surface area (Å²) in [6.07, 6.45) is -0.951. The van der Waals surface area contributed by atoms with Gasteiger partial charge >= 0.3 is 6.18 Å². The van der Waals surface area contributed by atoms with Crippen molar-refractivity contribution in [3.05, 3.63) is 65.5 Å². The molecule has 27 heavy (non-hydrogen) atoms. The number of nitrogens with zero attached hydrogens (tertiary/aromatic N) is 1. The number of pyridine rings is 1. The normalized spacial score (nSPS) is 14.0. The van der Waals surface area contributed by atoms with Gasteiger partial charge < -0.3 is 5.32 Å². The molecular formula is C21H25F3N2O. The zero-order valence-corrected chi connectivity index (χ0v) is 15.8. The molecule has 2 atom stereocenters. The van der Waals surface area contributed by atoms with E-state index in [-0.39, 0.29) is 29.7 Å². The SMILES string of the molecule is CC(CC(=O)NCC(c1cccnc1)C(C)C)c1ccccc1C(F)(F)F. The standard InChI is InChI=1S/C21H25F3N2O/c1-14(2)18(16-7-6-10-25-12-16)13-26-20(27)11-15(3)17-8-4-5-9-19(17)21(22,23)24/h4-10,12,14-15,18H,11,13H2,1-3H3,(H,26,27). The van der Waals surface area contributed by atoms with E-state index in [0.29, 0.717) is 6.54 Å². The second-order valence-corrected chi connectivity index (χ2v) is 7.13. The second-order valence-electron chi connectivity index (χ2n) is 7.13. The Hall–Kier alpha value is -2.37. The first-order chi connectivity index (χ1) is 12.7. The third kappa shape index (κ3) is 5.81. The molecule has 1 amide bonds. The van der Waals surface area contributed by atoms with Crippen LogP contribution in [0.5, 0.6) is 0 Å². The second kappa shape index (κ2) is 9.02. The molecule has 0 saturated heterocycles. The minimum Gasteiger partial charge on any atom is -0.355 e. The summed E-state index contributed by atoms with van der Waals surface area (Å²) in [5.41, 5.74) is 0.497. The van der Waals surface area contributed by atoms with E-state index in [1.54, 1.807) is 25.4 Å². The van der Waals surface area contributed by atoms with Gasteiger partial charge in [-0.2, -0.15) is 13.2 Å². The van der Waals surface area contributed by atoms with Gasteiger partial charge in [-0.1, -0.05) is 45.0 Å². The van der Waals surface area contributed by atoms with Gasteiger partial charge in [-0.3, -0.25) is 9.78 Å². The average Bonchev–Trinajstić information content (AvgIpc) is 2.61. The minimum atomic E-state index is -4.43. The van der Waals surface area contributed by atoms with Crippen molar-refractivity contribution in [1.82, 2.24) is 10.3 Å². The van der Waals surface area contributed by atoms with E-state index in [2.05, 4.69) is 24.1 Å². The Kier molecular flexibility index (Phi) is 6.99. The van der Waals surface area contributed by atoms with Crippen LogP contribution in [0.4, 0.5) is 13.2 Å². The molecule has 0 bridgehead atoms. The molecule has 0 spiro atoms. The molecule has 2 aromatic rings. The van der Waals surface area contributed by atoms with E-state index in [9.17, 15) is 18.0 Å². The summed E-state index contributed by atoms with van der Waals surface area (Å²) in [6, 6.07) is 9.24. The van der Waals surface area contributed by atoms with Crippen LogP contribution in [0, 0.1) is 5.92 Å². The number of carbonyl (C=O) groups is 1. The van der Waals surface area contributed by atoms with Gasteiger partial charge in [0.25, 0.3) is 0 Å². The quantitative estimate of drug-likeness (QED) is 0.724. The highest BCUT2D eigenvalue weighted by Crippen LogP contribution is 2.36. The van der Waals surface area contributed by atoms with Crippen molar-refractivity contribution in [3.63, 3.8) is 0 Å². The Morgan fingerprint density at radius 1 is 1.11 bits per heavy atom. The highest BCUT2D eigenvalue weighted by Gasteiger charge is 2.34. The van der Waals surface area contributed by atoms with Gasteiger partial charge in [0, 0.05) is 31.3 Å². The number of hydrogen-bond acceptors (Lipinski definition) is 2. The van der Waals surface area contributed by atoms with Crippen LogP contribution in [0.15, 0.2) is 48.8 Å². The number of benzene rings is 1. The predicted octanol–water partition coefficient (Wildman–Crippen LogP) is 5.15. The Morgan fingerprint density at radius 3 is 2.41 bits per heavy atom. The van der Waals surface area contributed by atoms with E-state index in [1.165, 1.54) is 12.1 Å². The number of rotatable bonds is 7. The van der Waals surface area contributed by atoms with Gasteiger partial charge in [-0.15, -0.1) is 0 Å². The van der Waals surface area contributed by atoms with Crippen LogP contribution in [0.2, 0.25) is 0 Å². The van der Waals surface area contributed by atoms with Gasteiger partial charge in [0.1, 0.15) is 0 Å². The number of carbonyl (C=O) groups excluding carboxylic acids is 1. The lowest BCUT2D eigenvalue weighted by Gasteiger charge is -2.22. The van der Waals surface area contributed by atoms with E-state index < -0.39 is 17.7 Å². The molecule has 1 heterocycles. The number of amides is 1. The summed E-state index contributed by atoms with van der Waals surface area (Å²) >= 11 is 0. The average molecular weight is 378 g/mol. The fraction of sp³-hybridized carbons (Fsp3) is 0.429. The van der Waals surface area contributed by atoms with Crippen LogP contribution >= 0.6 is 0 Å². The molecule has 1 aromatic heterocycles. The number of halogens is 3. The van der Waals surface area contributed by atoms with Crippen molar-refractivity contribution >= 4 is 5.91 Å². The van der Waals surface area contributed by atoms with Gasteiger partial charge in [-0.25, -0.2) is 0 Å². The Balaban J connectivity index is 2.01. The Bertz CT molecular complexity index is 745. The molecule has 3 nitrogen and oxygen atoms in total. The lowest BCUT2D eigenvalue weighted by atomic mass is 9.89. The first kappa shape index (κ1) is 20.9. The Labute approximate surface area is 158 Å². The van der Waals surface area contributed by atoms with Gasteiger partial charge in [0.05, 0.1) is 5.56 Å². The monoisotopic (exact) mass is 378 g/mol. The van der Waals surface area contributed by atoms with Crippen LogP contribution in [-0.2, 0) is 11.0 Å². The van der Waals surface area contributed by atoms with Crippen LogP contribution in [0.1, 0.15) is 55.7 Å². The predicted molar refractivity (Wildman–Crippen MR) is 99.3 cm³/mol. The zero-order valence-electron chi connectivity index (χ0n) is 15.8. The van der Waals surface area contributed by atoms with Crippen LogP contribution < -0.4 is 5.32 Å². The highest BCUT2D eigenvalue weighted by atomic mass is 19.4. The van der Waals surface area contributed by atoms with Crippen LogP contribution in [0.3, 0.4) is 0 Å². The molecule has 1 aromatic carbocycles. The molecule has 0 radical (unpaired) electrons. The summed E-state index contributed by atoms with van der Waals surface area (Å²) in [5.74, 6) is -0.397. The Morgan fingerprint density at radius 2 is 1.81 bits per heavy atom. The molecule has 2 unspecified atom stereocenters. The van der Waals surface area contributed by atoms with E-state index >= 15 is 0 Å². The first-order valence-electron chi connectivity index (χ1n) is 9.03. The van der Waals surface area contributed by atoms with E-state index in [0.717, 1.165) is 11.6 Å². The van der Waals surface area contributed by atoms with Gasteiger partial charge in [-0.05, 0) is 35.1 Å². The smallest absolute Gasteiger partial charge is 0.355 e. The van der Waals surface area contributed by atoms with Crippen molar-refractivity contribution in [2.75, 3.05) is 6.54 Å². The minimum absolute atomic E-state index is 0.00491. The maximum Gasteiger partial charge on any atom is 0.416 e. The van der Waals surface area contributed by atoms with Crippen molar-refractivity contribution < 1.29 is 18.0 Å². The topological polar surface area (TPSA) is 42.0 Å². The molecule has 0 aliphatic rings. The zero-order chi connectivity index (χ0) is 20.0. The fourth-order valence-electron chi connectivity index (χ4n) is 3.20. The molecule has 0 fully saturated rings. The molecule has 0 saturated carbocycles.